The zero-order valence-corrected chi connectivity index (χ0v) is 33.2. The summed E-state index contributed by atoms with van der Waals surface area (Å²) in [5.74, 6) is -0.453. The van der Waals surface area contributed by atoms with E-state index in [0.717, 1.165) is 17.1 Å². The Morgan fingerprint density at radius 3 is 1.71 bits per heavy atom. The van der Waals surface area contributed by atoms with Crippen LogP contribution in [0.2, 0.25) is 8.95 Å². The Labute approximate surface area is 304 Å². The summed E-state index contributed by atoms with van der Waals surface area (Å²) in [6, 6.07) is 24.3. The Hall–Kier alpha value is -4.01. The number of carbonyl (C=O) groups excluding carboxylic acids is 2. The average molecular weight is 879 g/mol. The van der Waals surface area contributed by atoms with Crippen molar-refractivity contribution in [2.24, 2.45) is 0 Å². The van der Waals surface area contributed by atoms with E-state index in [2.05, 4.69) is 49.9 Å². The quantitative estimate of drug-likeness (QED) is 0.190. The van der Waals surface area contributed by atoms with Gasteiger partial charge in [-0.1, -0.05) is 11.6 Å². The van der Waals surface area contributed by atoms with E-state index in [1.165, 1.54) is 28.5 Å². The van der Waals surface area contributed by atoms with Gasteiger partial charge in [-0.2, -0.15) is 0 Å². The van der Waals surface area contributed by atoms with Gasteiger partial charge in [0, 0.05) is 31.7 Å². The normalized spacial score (nSPS) is 13.7. The molecule has 0 bridgehead atoms. The third kappa shape index (κ3) is 8.24. The molecular weight excluding hydrogens is 836 g/mol. The molecule has 8 nitrogen and oxygen atoms in total. The SMILES string of the molecule is CC1=C(C)[C](C)([Ir]([Cl])[N](C(=O)c2ccccn2)c2ccc(N(C)C)cc2)C(C)=C1C.CN(C)c1ccc(NC(=O)c2ncccc2Cl)cc1. The molecule has 0 saturated heterocycles. The number of nitrogens with zero attached hydrogens (tertiary/aromatic N) is 5. The van der Waals surface area contributed by atoms with E-state index in [1.807, 2.05) is 102 Å². The van der Waals surface area contributed by atoms with Gasteiger partial charge in [0.25, 0.3) is 5.91 Å². The summed E-state index contributed by atoms with van der Waals surface area (Å²) < 4.78 is 1.54. The van der Waals surface area contributed by atoms with Crippen molar-refractivity contribution in [1.82, 2.24) is 9.97 Å². The summed E-state index contributed by atoms with van der Waals surface area (Å²) in [4.78, 5) is 38.0. The van der Waals surface area contributed by atoms with Crippen LogP contribution in [0.3, 0.4) is 0 Å². The molecule has 0 spiro atoms. The second-order valence-corrected chi connectivity index (χ2v) is 19.3. The Bertz CT molecular complexity index is 1840. The first-order valence-electron chi connectivity index (χ1n) is 15.6. The van der Waals surface area contributed by atoms with Gasteiger partial charge >= 0.3 is 190 Å². The van der Waals surface area contributed by atoms with Crippen molar-refractivity contribution in [2.75, 3.05) is 46.9 Å². The van der Waals surface area contributed by atoms with Crippen molar-refractivity contribution >= 4 is 55.7 Å². The maximum Gasteiger partial charge on any atom is 0.275 e. The topological polar surface area (TPSA) is 81.7 Å². The van der Waals surface area contributed by atoms with Gasteiger partial charge in [-0.15, -0.1) is 0 Å². The maximum absolute atomic E-state index is 13.7. The van der Waals surface area contributed by atoms with Crippen molar-refractivity contribution in [1.29, 1.82) is 0 Å². The largest absolute Gasteiger partial charge is 0.378 e. The van der Waals surface area contributed by atoms with Gasteiger partial charge in [-0.05, 0) is 36.4 Å². The predicted octanol–water partition coefficient (Wildman–Crippen LogP) is 9.40. The number of carbonyl (C=O) groups is 2. The van der Waals surface area contributed by atoms with E-state index < -0.39 is 15.7 Å². The van der Waals surface area contributed by atoms with Crippen LogP contribution < -0.4 is 18.7 Å². The van der Waals surface area contributed by atoms with Crippen molar-refractivity contribution in [3.05, 3.63) is 130 Å². The van der Waals surface area contributed by atoms with Gasteiger partial charge in [0.2, 0.25) is 0 Å². The van der Waals surface area contributed by atoms with Crippen LogP contribution in [0.25, 0.3) is 0 Å². The molecule has 4 aromatic rings. The molecule has 11 heteroatoms. The fourth-order valence-electron chi connectivity index (χ4n) is 5.18. The molecule has 2 aromatic carbocycles. The summed E-state index contributed by atoms with van der Waals surface area (Å²) >= 11 is 3.18. The zero-order chi connectivity index (χ0) is 36.0. The number of anilines is 4. The fourth-order valence-corrected chi connectivity index (χ4v) is 12.9. The van der Waals surface area contributed by atoms with E-state index in [9.17, 15) is 9.59 Å². The Kier molecular flexibility index (Phi) is 12.4. The van der Waals surface area contributed by atoms with E-state index in [-0.39, 0.29) is 21.4 Å². The van der Waals surface area contributed by atoms with Crippen molar-refractivity contribution in [2.45, 2.75) is 38.5 Å². The van der Waals surface area contributed by atoms with E-state index in [1.54, 1.807) is 24.4 Å². The van der Waals surface area contributed by atoms with Gasteiger partial charge in [-0.3, -0.25) is 4.79 Å². The summed E-state index contributed by atoms with van der Waals surface area (Å²) in [6.07, 6.45) is 3.19. The number of rotatable bonds is 8. The Morgan fingerprint density at radius 2 is 1.22 bits per heavy atom. The third-order valence-corrected chi connectivity index (χ3v) is 17.8. The standard InChI is InChI=1S/C14H14ClN3O.C14H15N3O.C10H15.ClH.Ir/c1-18(2)11-7-5-10(6-8-11)17-14(19)13-12(15)4-3-9-16-13;1-17(2)12-8-6-11(7-9-12)16-14(18)13-5-3-4-10-15-13;1-6-7(2)9(4)10(5)8(6)3;;/h3-9H,1-2H3,(H,17,19);3-10H,1-2H3,(H,16,18);1-5H3;1H;/q;;;;+2/p-2. The molecule has 5 rings (SSSR count). The molecule has 49 heavy (non-hydrogen) atoms. The number of pyridine rings is 2. The first-order valence-corrected chi connectivity index (χ1v) is 21.2. The molecule has 0 radical (unpaired) electrons. The number of benzene rings is 2. The molecule has 1 aliphatic rings. The summed E-state index contributed by atoms with van der Waals surface area (Å²) in [5.41, 5.74) is 9.42. The average Bonchev–Trinajstić information content (AvgIpc) is 3.25. The number of allylic oxidation sites excluding steroid dienone is 4. The van der Waals surface area contributed by atoms with Gasteiger partial charge in [0.05, 0.1) is 5.02 Å². The fraction of sp³-hybridized carbons (Fsp3) is 0.263. The molecule has 260 valence electrons. The molecule has 0 atom stereocenters. The molecule has 0 saturated carbocycles. The Morgan fingerprint density at radius 1 is 0.714 bits per heavy atom. The van der Waals surface area contributed by atoms with Crippen LogP contribution in [0.1, 0.15) is 55.6 Å². The van der Waals surface area contributed by atoms with Crippen LogP contribution in [0.5, 0.6) is 0 Å². The molecule has 1 aliphatic carbocycles. The number of aromatic nitrogens is 2. The van der Waals surface area contributed by atoms with Gasteiger partial charge in [0.1, 0.15) is 5.69 Å². The predicted molar refractivity (Wildman–Crippen MR) is 201 cm³/mol. The van der Waals surface area contributed by atoms with Crippen molar-refractivity contribution in [3.63, 3.8) is 0 Å². The Balaban J connectivity index is 0.000000244. The van der Waals surface area contributed by atoms with E-state index in [4.69, 9.17) is 21.2 Å². The van der Waals surface area contributed by atoms with Gasteiger partial charge < -0.3 is 10.2 Å². The molecule has 0 fully saturated rings. The third-order valence-electron chi connectivity index (χ3n) is 8.72. The monoisotopic (exact) mass is 878 g/mol. The number of nitrogens with one attached hydrogen (secondary N) is 1. The summed E-state index contributed by atoms with van der Waals surface area (Å²) in [7, 11) is 15.3. The number of hydrogen-bond acceptors (Lipinski definition) is 6. The minimum Gasteiger partial charge on any atom is -0.378 e. The molecule has 2 amide bonds. The number of hydrogen-bond donors (Lipinski definition) is 1. The molecule has 0 aliphatic heterocycles. The van der Waals surface area contributed by atoms with Crippen LogP contribution >= 0.6 is 21.2 Å². The molecule has 2 aromatic heterocycles. The minimum absolute atomic E-state index is 0.137. The van der Waals surface area contributed by atoms with Crippen LogP contribution in [0, 0.1) is 0 Å². The van der Waals surface area contributed by atoms with Crippen LogP contribution in [0.4, 0.5) is 22.7 Å². The van der Waals surface area contributed by atoms with Crippen molar-refractivity contribution in [3.8, 4) is 0 Å². The van der Waals surface area contributed by atoms with Crippen molar-refractivity contribution < 1.29 is 25.3 Å². The zero-order valence-electron chi connectivity index (χ0n) is 29.3. The molecular formula is C38H43Cl2IrN6O2. The van der Waals surface area contributed by atoms with Gasteiger partial charge in [0.15, 0.2) is 0 Å². The first-order chi connectivity index (χ1) is 23.2. The van der Waals surface area contributed by atoms with Gasteiger partial charge in [-0.25, -0.2) is 4.98 Å². The molecule has 2 heterocycles. The minimum atomic E-state index is -2.74. The van der Waals surface area contributed by atoms with E-state index >= 15 is 0 Å². The van der Waals surface area contributed by atoms with Crippen LogP contribution in [0.15, 0.2) is 114 Å². The number of amides is 2. The van der Waals surface area contributed by atoms with Crippen LogP contribution in [-0.2, 0) is 15.7 Å². The first kappa shape index (κ1) is 37.8. The van der Waals surface area contributed by atoms with E-state index in [0.29, 0.717) is 16.4 Å². The summed E-state index contributed by atoms with van der Waals surface area (Å²) in [6.45, 7) is 10.8. The second-order valence-electron chi connectivity index (χ2n) is 12.1. The second kappa shape index (κ2) is 16.1. The molecule has 1 N–H and O–H groups in total. The maximum atomic E-state index is 13.7. The smallest absolute Gasteiger partial charge is 0.275 e. The van der Waals surface area contributed by atoms with Crippen LogP contribution in [-0.4, -0.2) is 50.0 Å². The molecule has 0 unspecified atom stereocenters. The summed E-state index contributed by atoms with van der Waals surface area (Å²) in [5, 5.41) is 3.10. The number of halogens is 2.